The smallest absolute Gasteiger partial charge is 0.347 e. The van der Waals surface area contributed by atoms with E-state index in [9.17, 15) is 18.0 Å². The topological polar surface area (TPSA) is 86.7 Å². The van der Waals surface area contributed by atoms with Gasteiger partial charge in [-0.15, -0.1) is 0 Å². The van der Waals surface area contributed by atoms with Gasteiger partial charge in [-0.1, -0.05) is 0 Å². The first-order valence-corrected chi connectivity index (χ1v) is 7.88. The predicted octanol–water partition coefficient (Wildman–Crippen LogP) is 0.951. The van der Waals surface area contributed by atoms with Crippen LogP contribution in [0.2, 0.25) is 0 Å². The molecule has 2 rings (SSSR count). The summed E-state index contributed by atoms with van der Waals surface area (Å²) in [7, 11) is -3.31. The zero-order valence-electron chi connectivity index (χ0n) is 11.0. The summed E-state index contributed by atoms with van der Waals surface area (Å²) in [6.45, 7) is 1.71. The van der Waals surface area contributed by atoms with Crippen molar-refractivity contribution in [2.75, 3.05) is 6.26 Å². The molecule has 1 aliphatic heterocycles. The van der Waals surface area contributed by atoms with Crippen molar-refractivity contribution in [2.45, 2.75) is 30.4 Å². The Morgan fingerprint density at radius 3 is 2.35 bits per heavy atom. The lowest BCUT2D eigenvalue weighted by Crippen LogP contribution is -2.22. The van der Waals surface area contributed by atoms with Crippen molar-refractivity contribution < 1.29 is 27.5 Å². The Labute approximate surface area is 116 Å². The Hall–Kier alpha value is -1.89. The fraction of sp³-hybridized carbons (Fsp3) is 0.385. The molecular formula is C13H14O6S. The van der Waals surface area contributed by atoms with Gasteiger partial charge in [-0.05, 0) is 31.2 Å². The minimum atomic E-state index is -3.31. The molecule has 0 aromatic heterocycles. The third kappa shape index (κ3) is 3.16. The Balaban J connectivity index is 2.08. The molecule has 0 spiro atoms. The molecule has 6 nitrogen and oxygen atoms in total. The van der Waals surface area contributed by atoms with Gasteiger partial charge in [-0.3, -0.25) is 0 Å². The van der Waals surface area contributed by atoms with Gasteiger partial charge in [0.1, 0.15) is 6.10 Å². The van der Waals surface area contributed by atoms with Gasteiger partial charge in [0.25, 0.3) is 0 Å². The molecule has 0 saturated carbocycles. The molecule has 1 saturated heterocycles. The molecule has 1 aromatic carbocycles. The molecular weight excluding hydrogens is 284 g/mol. The number of hydrogen-bond donors (Lipinski definition) is 0. The van der Waals surface area contributed by atoms with E-state index in [0.717, 1.165) is 6.26 Å². The summed E-state index contributed by atoms with van der Waals surface area (Å²) in [6, 6.07) is 5.34. The first-order valence-electron chi connectivity index (χ1n) is 5.99. The van der Waals surface area contributed by atoms with Crippen molar-refractivity contribution in [1.82, 2.24) is 0 Å². The Bertz CT molecular complexity index is 631. The van der Waals surface area contributed by atoms with Crippen molar-refractivity contribution in [1.29, 1.82) is 0 Å². The molecule has 20 heavy (non-hydrogen) atoms. The molecule has 108 valence electrons. The molecule has 0 radical (unpaired) electrons. The highest BCUT2D eigenvalue weighted by atomic mass is 32.2. The maximum absolute atomic E-state index is 11.8. The summed E-state index contributed by atoms with van der Waals surface area (Å²) in [5.41, 5.74) is 0.185. The van der Waals surface area contributed by atoms with Gasteiger partial charge in [0.05, 0.1) is 10.5 Å². The molecule has 1 fully saturated rings. The van der Waals surface area contributed by atoms with Crippen LogP contribution in [0, 0.1) is 0 Å². The van der Waals surface area contributed by atoms with Crippen LogP contribution < -0.4 is 0 Å². The first kappa shape index (κ1) is 14.5. The summed E-state index contributed by atoms with van der Waals surface area (Å²) < 4.78 is 32.5. The van der Waals surface area contributed by atoms with E-state index in [1.54, 1.807) is 6.92 Å². The lowest BCUT2D eigenvalue weighted by atomic mass is 10.2. The highest BCUT2D eigenvalue weighted by molar-refractivity contribution is 7.90. The van der Waals surface area contributed by atoms with Gasteiger partial charge < -0.3 is 9.47 Å². The van der Waals surface area contributed by atoms with Gasteiger partial charge in [0, 0.05) is 12.7 Å². The molecule has 1 aliphatic rings. The second-order valence-electron chi connectivity index (χ2n) is 4.67. The number of benzene rings is 1. The summed E-state index contributed by atoms with van der Waals surface area (Å²) in [6.07, 6.45) is 0.238. The van der Waals surface area contributed by atoms with E-state index < -0.39 is 27.9 Å². The van der Waals surface area contributed by atoms with Crippen molar-refractivity contribution in [2.24, 2.45) is 0 Å². The Morgan fingerprint density at radius 1 is 1.30 bits per heavy atom. The zero-order valence-corrected chi connectivity index (χ0v) is 11.8. The molecule has 2 atom stereocenters. The van der Waals surface area contributed by atoms with Crippen LogP contribution in [0.25, 0.3) is 0 Å². The molecule has 0 aliphatic carbocycles. The lowest BCUT2D eigenvalue weighted by Gasteiger charge is -2.08. The molecule has 1 heterocycles. The number of ether oxygens (including phenoxy) is 2. The SMILES string of the molecule is C[C@H]1C[C@H](OC(=O)c2ccc(S(C)(=O)=O)cc2)C(=O)O1. The second kappa shape index (κ2) is 5.24. The highest BCUT2D eigenvalue weighted by Crippen LogP contribution is 2.19. The maximum Gasteiger partial charge on any atom is 0.347 e. The number of rotatable bonds is 3. The number of sulfone groups is 1. The molecule has 1 aromatic rings. The number of carbonyl (C=O) groups is 2. The van der Waals surface area contributed by atoms with E-state index in [4.69, 9.17) is 9.47 Å². The summed E-state index contributed by atoms with van der Waals surface area (Å²) in [5.74, 6) is -1.24. The number of hydrogen-bond acceptors (Lipinski definition) is 6. The van der Waals surface area contributed by atoms with Crippen LogP contribution in [0.1, 0.15) is 23.7 Å². The normalized spacial score (nSPS) is 22.4. The minimum absolute atomic E-state index is 0.114. The summed E-state index contributed by atoms with van der Waals surface area (Å²) in [4.78, 5) is 23.3. The number of esters is 2. The van der Waals surface area contributed by atoms with E-state index in [2.05, 4.69) is 0 Å². The highest BCUT2D eigenvalue weighted by Gasteiger charge is 2.35. The monoisotopic (exact) mass is 298 g/mol. The van der Waals surface area contributed by atoms with Crippen LogP contribution in [0.4, 0.5) is 0 Å². The summed E-state index contributed by atoms with van der Waals surface area (Å²) >= 11 is 0. The van der Waals surface area contributed by atoms with Crippen molar-refractivity contribution in [3.05, 3.63) is 29.8 Å². The van der Waals surface area contributed by atoms with Crippen molar-refractivity contribution in [3.8, 4) is 0 Å². The van der Waals surface area contributed by atoms with Gasteiger partial charge in [0.15, 0.2) is 9.84 Å². The van der Waals surface area contributed by atoms with Crippen LogP contribution in [-0.2, 0) is 24.1 Å². The van der Waals surface area contributed by atoms with Crippen LogP contribution in [0.3, 0.4) is 0 Å². The maximum atomic E-state index is 11.8. The van der Waals surface area contributed by atoms with Crippen LogP contribution in [-0.4, -0.2) is 38.8 Å². The van der Waals surface area contributed by atoms with E-state index in [1.807, 2.05) is 0 Å². The largest absolute Gasteiger partial charge is 0.460 e. The van der Waals surface area contributed by atoms with Crippen molar-refractivity contribution in [3.63, 3.8) is 0 Å². The van der Waals surface area contributed by atoms with Gasteiger partial charge in [0.2, 0.25) is 6.10 Å². The quantitative estimate of drug-likeness (QED) is 0.772. The molecule has 0 N–H and O–H groups in total. The van der Waals surface area contributed by atoms with E-state index >= 15 is 0 Å². The third-order valence-electron chi connectivity index (χ3n) is 2.89. The first-order chi connectivity index (χ1) is 9.27. The third-order valence-corrected chi connectivity index (χ3v) is 4.02. The second-order valence-corrected chi connectivity index (χ2v) is 6.69. The average molecular weight is 298 g/mol. The van der Waals surface area contributed by atoms with Crippen LogP contribution in [0.5, 0.6) is 0 Å². The number of carbonyl (C=O) groups excluding carboxylic acids is 2. The minimum Gasteiger partial charge on any atom is -0.460 e. The van der Waals surface area contributed by atoms with E-state index in [-0.39, 0.29) is 16.6 Å². The average Bonchev–Trinajstić information content (AvgIpc) is 2.67. The Morgan fingerprint density at radius 2 is 1.90 bits per heavy atom. The van der Waals surface area contributed by atoms with Crippen LogP contribution >= 0.6 is 0 Å². The standard InChI is InChI=1S/C13H14O6S/c1-8-7-11(13(15)18-8)19-12(14)9-3-5-10(6-4-9)20(2,16)17/h3-6,8,11H,7H2,1-2H3/t8-,11-/m0/s1. The lowest BCUT2D eigenvalue weighted by molar-refractivity contribution is -0.147. The zero-order chi connectivity index (χ0) is 14.9. The molecule has 0 unspecified atom stereocenters. The fourth-order valence-electron chi connectivity index (χ4n) is 1.85. The van der Waals surface area contributed by atoms with E-state index in [0.29, 0.717) is 6.42 Å². The predicted molar refractivity (Wildman–Crippen MR) is 68.9 cm³/mol. The molecule has 7 heteroatoms. The fourth-order valence-corrected chi connectivity index (χ4v) is 2.48. The molecule has 0 bridgehead atoms. The van der Waals surface area contributed by atoms with Gasteiger partial charge in [-0.25, -0.2) is 18.0 Å². The van der Waals surface area contributed by atoms with Gasteiger partial charge >= 0.3 is 11.9 Å². The summed E-state index contributed by atoms with van der Waals surface area (Å²) in [5, 5.41) is 0. The van der Waals surface area contributed by atoms with E-state index in [1.165, 1.54) is 24.3 Å². The molecule has 0 amide bonds. The van der Waals surface area contributed by atoms with Crippen molar-refractivity contribution >= 4 is 21.8 Å². The number of cyclic esters (lactones) is 1. The van der Waals surface area contributed by atoms with Gasteiger partial charge in [-0.2, -0.15) is 0 Å². The Kier molecular flexibility index (Phi) is 3.80. The van der Waals surface area contributed by atoms with Crippen LogP contribution in [0.15, 0.2) is 29.2 Å².